The number of carbonyl (C=O) groups excluding carboxylic acids is 1. The SMILES string of the molecule is CCCCOc1c(Cl)cc(C(=O)Nc2ccccc2F)cc1OCC. The highest BCUT2D eigenvalue weighted by Crippen LogP contribution is 2.37. The first kappa shape index (κ1) is 19.1. The van der Waals surface area contributed by atoms with Crippen LogP contribution in [0.5, 0.6) is 11.5 Å². The standard InChI is InChI=1S/C19H21ClFNO3/c1-3-5-10-25-18-14(20)11-13(12-17(18)24-4-2)19(23)22-16-9-7-6-8-15(16)21/h6-9,11-12H,3-5,10H2,1-2H3,(H,22,23). The van der Waals surface area contributed by atoms with Crippen LogP contribution in [0.4, 0.5) is 10.1 Å². The third-order valence-corrected chi connectivity index (χ3v) is 3.72. The minimum Gasteiger partial charge on any atom is -0.490 e. The van der Waals surface area contributed by atoms with Crippen LogP contribution in [0.2, 0.25) is 5.02 Å². The number of hydrogen-bond donors (Lipinski definition) is 1. The first-order valence-corrected chi connectivity index (χ1v) is 8.59. The van der Waals surface area contributed by atoms with E-state index in [2.05, 4.69) is 12.2 Å². The number of unbranched alkanes of at least 4 members (excludes halogenated alkanes) is 1. The van der Waals surface area contributed by atoms with E-state index in [0.29, 0.717) is 24.7 Å². The lowest BCUT2D eigenvalue weighted by atomic mass is 10.1. The van der Waals surface area contributed by atoms with E-state index in [4.69, 9.17) is 21.1 Å². The van der Waals surface area contributed by atoms with Crippen molar-refractivity contribution in [3.63, 3.8) is 0 Å². The molecule has 0 heterocycles. The topological polar surface area (TPSA) is 47.6 Å². The van der Waals surface area contributed by atoms with Crippen molar-refractivity contribution in [1.82, 2.24) is 0 Å². The van der Waals surface area contributed by atoms with Crippen LogP contribution < -0.4 is 14.8 Å². The Hall–Kier alpha value is -2.27. The number of nitrogens with one attached hydrogen (secondary N) is 1. The van der Waals surface area contributed by atoms with Crippen LogP contribution >= 0.6 is 11.6 Å². The second-order valence-electron chi connectivity index (χ2n) is 5.35. The summed E-state index contributed by atoms with van der Waals surface area (Å²) < 4.78 is 24.9. The van der Waals surface area contributed by atoms with Gasteiger partial charge in [0.05, 0.1) is 23.9 Å². The Kier molecular flexibility index (Phi) is 7.07. The van der Waals surface area contributed by atoms with Crippen molar-refractivity contribution in [3.8, 4) is 11.5 Å². The summed E-state index contributed by atoms with van der Waals surface area (Å²) in [5.41, 5.74) is 0.365. The molecule has 0 saturated carbocycles. The Morgan fingerprint density at radius 3 is 2.64 bits per heavy atom. The molecular weight excluding hydrogens is 345 g/mol. The number of benzene rings is 2. The molecular formula is C19H21ClFNO3. The van der Waals surface area contributed by atoms with Gasteiger partial charge in [-0.15, -0.1) is 0 Å². The summed E-state index contributed by atoms with van der Waals surface area (Å²) in [6, 6.07) is 8.99. The molecule has 0 aliphatic carbocycles. The lowest BCUT2D eigenvalue weighted by Gasteiger charge is -2.15. The molecule has 2 aromatic carbocycles. The molecule has 1 N–H and O–H groups in total. The maximum atomic E-state index is 13.7. The number of amides is 1. The smallest absolute Gasteiger partial charge is 0.255 e. The molecule has 0 aromatic heterocycles. The van der Waals surface area contributed by atoms with Gasteiger partial charge in [-0.25, -0.2) is 4.39 Å². The highest BCUT2D eigenvalue weighted by atomic mass is 35.5. The zero-order valence-electron chi connectivity index (χ0n) is 14.3. The predicted octanol–water partition coefficient (Wildman–Crippen LogP) is 5.31. The van der Waals surface area contributed by atoms with Crippen molar-refractivity contribution in [1.29, 1.82) is 0 Å². The van der Waals surface area contributed by atoms with Gasteiger partial charge in [0.2, 0.25) is 0 Å². The van der Waals surface area contributed by atoms with Gasteiger partial charge in [-0.2, -0.15) is 0 Å². The van der Waals surface area contributed by atoms with E-state index in [1.54, 1.807) is 18.2 Å². The van der Waals surface area contributed by atoms with E-state index in [0.717, 1.165) is 12.8 Å². The molecule has 134 valence electrons. The van der Waals surface area contributed by atoms with Gasteiger partial charge in [0.15, 0.2) is 11.5 Å². The summed E-state index contributed by atoms with van der Waals surface area (Å²) in [4.78, 5) is 12.4. The van der Waals surface area contributed by atoms with Gasteiger partial charge in [0.1, 0.15) is 5.82 Å². The summed E-state index contributed by atoms with van der Waals surface area (Å²) in [7, 11) is 0. The third-order valence-electron chi connectivity index (χ3n) is 3.44. The molecule has 0 atom stereocenters. The van der Waals surface area contributed by atoms with E-state index in [1.165, 1.54) is 18.2 Å². The monoisotopic (exact) mass is 365 g/mol. The maximum absolute atomic E-state index is 13.7. The zero-order chi connectivity index (χ0) is 18.2. The van der Waals surface area contributed by atoms with Crippen LogP contribution in [0.3, 0.4) is 0 Å². The Morgan fingerprint density at radius 1 is 1.20 bits per heavy atom. The number of ether oxygens (including phenoxy) is 2. The summed E-state index contributed by atoms with van der Waals surface area (Å²) in [6.07, 6.45) is 1.88. The predicted molar refractivity (Wildman–Crippen MR) is 97.4 cm³/mol. The van der Waals surface area contributed by atoms with Crippen LogP contribution in [-0.2, 0) is 0 Å². The van der Waals surface area contributed by atoms with Crippen LogP contribution in [0.15, 0.2) is 36.4 Å². The minimum atomic E-state index is -0.508. The minimum absolute atomic E-state index is 0.102. The van der Waals surface area contributed by atoms with Gasteiger partial charge in [0.25, 0.3) is 5.91 Å². The Balaban J connectivity index is 2.25. The molecule has 0 radical (unpaired) electrons. The fourth-order valence-corrected chi connectivity index (χ4v) is 2.44. The lowest BCUT2D eigenvalue weighted by Crippen LogP contribution is -2.13. The summed E-state index contributed by atoms with van der Waals surface area (Å²) in [5, 5.41) is 2.80. The molecule has 0 bridgehead atoms. The number of hydrogen-bond acceptors (Lipinski definition) is 3. The van der Waals surface area contributed by atoms with Gasteiger partial charge in [-0.1, -0.05) is 37.1 Å². The van der Waals surface area contributed by atoms with E-state index < -0.39 is 11.7 Å². The van der Waals surface area contributed by atoms with Crippen molar-refractivity contribution in [3.05, 3.63) is 52.8 Å². The normalized spacial score (nSPS) is 10.4. The highest BCUT2D eigenvalue weighted by Gasteiger charge is 2.17. The van der Waals surface area contributed by atoms with E-state index in [9.17, 15) is 9.18 Å². The maximum Gasteiger partial charge on any atom is 0.255 e. The van der Waals surface area contributed by atoms with Crippen molar-refractivity contribution in [2.24, 2.45) is 0 Å². The summed E-state index contributed by atoms with van der Waals surface area (Å²) in [5.74, 6) is -0.177. The number of carbonyl (C=O) groups is 1. The summed E-state index contributed by atoms with van der Waals surface area (Å²) >= 11 is 6.27. The first-order valence-electron chi connectivity index (χ1n) is 8.21. The molecule has 2 aromatic rings. The Labute approximate surface area is 151 Å². The van der Waals surface area contributed by atoms with E-state index >= 15 is 0 Å². The summed E-state index contributed by atoms with van der Waals surface area (Å²) in [6.45, 7) is 4.80. The average Bonchev–Trinajstić information content (AvgIpc) is 2.59. The van der Waals surface area contributed by atoms with E-state index in [-0.39, 0.29) is 16.3 Å². The Bertz CT molecular complexity index is 737. The van der Waals surface area contributed by atoms with Crippen LogP contribution in [0.1, 0.15) is 37.0 Å². The molecule has 0 saturated heterocycles. The van der Waals surface area contributed by atoms with Gasteiger partial charge < -0.3 is 14.8 Å². The molecule has 2 rings (SSSR count). The lowest BCUT2D eigenvalue weighted by molar-refractivity contribution is 0.102. The molecule has 25 heavy (non-hydrogen) atoms. The largest absolute Gasteiger partial charge is 0.490 e. The number of para-hydroxylation sites is 1. The van der Waals surface area contributed by atoms with Gasteiger partial charge in [-0.05, 0) is 37.6 Å². The second kappa shape index (κ2) is 9.28. The average molecular weight is 366 g/mol. The van der Waals surface area contributed by atoms with Crippen molar-refractivity contribution in [2.45, 2.75) is 26.7 Å². The quantitative estimate of drug-likeness (QED) is 0.645. The number of halogens is 2. The van der Waals surface area contributed by atoms with Gasteiger partial charge in [-0.3, -0.25) is 4.79 Å². The van der Waals surface area contributed by atoms with Crippen molar-refractivity contribution in [2.75, 3.05) is 18.5 Å². The highest BCUT2D eigenvalue weighted by molar-refractivity contribution is 6.32. The Morgan fingerprint density at radius 2 is 1.96 bits per heavy atom. The van der Waals surface area contributed by atoms with Crippen LogP contribution in [-0.4, -0.2) is 19.1 Å². The molecule has 0 unspecified atom stereocenters. The number of rotatable bonds is 8. The first-order chi connectivity index (χ1) is 12.1. The van der Waals surface area contributed by atoms with Crippen molar-refractivity contribution < 1.29 is 18.7 Å². The van der Waals surface area contributed by atoms with Crippen LogP contribution in [0.25, 0.3) is 0 Å². The fraction of sp³-hybridized carbons (Fsp3) is 0.316. The zero-order valence-corrected chi connectivity index (χ0v) is 15.0. The molecule has 6 heteroatoms. The molecule has 0 spiro atoms. The second-order valence-corrected chi connectivity index (χ2v) is 5.76. The van der Waals surface area contributed by atoms with E-state index in [1.807, 2.05) is 6.92 Å². The van der Waals surface area contributed by atoms with Gasteiger partial charge in [0, 0.05) is 5.56 Å². The third kappa shape index (κ3) is 5.10. The molecule has 0 fully saturated rings. The molecule has 1 amide bonds. The van der Waals surface area contributed by atoms with Crippen molar-refractivity contribution >= 4 is 23.2 Å². The number of anilines is 1. The fourth-order valence-electron chi connectivity index (χ4n) is 2.18. The van der Waals surface area contributed by atoms with Crippen LogP contribution in [0, 0.1) is 5.82 Å². The van der Waals surface area contributed by atoms with Gasteiger partial charge >= 0.3 is 0 Å². The molecule has 0 aliphatic heterocycles. The molecule has 0 aliphatic rings. The molecule has 4 nitrogen and oxygen atoms in total.